The number of amides is 1. The zero-order valence-electron chi connectivity index (χ0n) is 10.5. The maximum absolute atomic E-state index is 11.3. The molecule has 0 spiro atoms. The Kier molecular flexibility index (Phi) is 8.70. The number of carbonyl (C=O) groups excluding carboxylic acids is 1. The van der Waals surface area contributed by atoms with Gasteiger partial charge in [0.15, 0.2) is 0 Å². The Bertz CT molecular complexity index is 202. The molecule has 0 aromatic heterocycles. The summed E-state index contributed by atoms with van der Waals surface area (Å²) < 4.78 is 4.97. The Morgan fingerprint density at radius 2 is 2.19 bits per heavy atom. The van der Waals surface area contributed by atoms with Crippen LogP contribution in [0.2, 0.25) is 0 Å². The minimum absolute atomic E-state index is 0.271. The highest BCUT2D eigenvalue weighted by molar-refractivity contribution is 7.99. The molecule has 16 heavy (non-hydrogen) atoms. The Morgan fingerprint density at radius 3 is 2.69 bits per heavy atom. The SMILES string of the molecule is CCNC(C)(CCSCCCOC)C(N)=O. The lowest BCUT2D eigenvalue weighted by atomic mass is 9.98. The van der Waals surface area contributed by atoms with Crippen molar-refractivity contribution in [2.24, 2.45) is 5.73 Å². The minimum Gasteiger partial charge on any atom is -0.385 e. The largest absolute Gasteiger partial charge is 0.385 e. The summed E-state index contributed by atoms with van der Waals surface area (Å²) in [4.78, 5) is 11.3. The molecule has 0 aliphatic rings. The number of hydrogen-bond acceptors (Lipinski definition) is 4. The van der Waals surface area contributed by atoms with Crippen molar-refractivity contribution in [1.29, 1.82) is 0 Å². The van der Waals surface area contributed by atoms with Crippen LogP contribution in [0.25, 0.3) is 0 Å². The third-order valence-corrected chi connectivity index (χ3v) is 3.56. The van der Waals surface area contributed by atoms with Gasteiger partial charge in [0.1, 0.15) is 0 Å². The fraction of sp³-hybridized carbons (Fsp3) is 0.909. The van der Waals surface area contributed by atoms with Gasteiger partial charge in [0.25, 0.3) is 0 Å². The molecular formula is C11H24N2O2S. The van der Waals surface area contributed by atoms with Crippen molar-refractivity contribution in [3.63, 3.8) is 0 Å². The number of likely N-dealkylation sites (N-methyl/N-ethyl adjacent to an activating group) is 1. The zero-order chi connectivity index (χ0) is 12.4. The van der Waals surface area contributed by atoms with Gasteiger partial charge in [0.05, 0.1) is 5.54 Å². The number of nitrogens with two attached hydrogens (primary N) is 1. The summed E-state index contributed by atoms with van der Waals surface area (Å²) >= 11 is 1.84. The lowest BCUT2D eigenvalue weighted by molar-refractivity contribution is -0.123. The fourth-order valence-electron chi connectivity index (χ4n) is 1.37. The third kappa shape index (κ3) is 6.35. The first-order valence-electron chi connectivity index (χ1n) is 5.68. The van der Waals surface area contributed by atoms with Gasteiger partial charge >= 0.3 is 0 Å². The molecule has 0 bridgehead atoms. The molecule has 0 aliphatic carbocycles. The van der Waals surface area contributed by atoms with E-state index in [1.54, 1.807) is 7.11 Å². The van der Waals surface area contributed by atoms with Gasteiger partial charge in [-0.2, -0.15) is 11.8 Å². The third-order valence-electron chi connectivity index (χ3n) is 2.49. The first-order chi connectivity index (χ1) is 7.56. The van der Waals surface area contributed by atoms with Crippen LogP contribution in [0.3, 0.4) is 0 Å². The predicted molar refractivity (Wildman–Crippen MR) is 69.7 cm³/mol. The molecule has 0 aromatic rings. The smallest absolute Gasteiger partial charge is 0.237 e. The van der Waals surface area contributed by atoms with Crippen molar-refractivity contribution in [1.82, 2.24) is 5.32 Å². The van der Waals surface area contributed by atoms with Crippen molar-refractivity contribution in [2.45, 2.75) is 32.2 Å². The second-order valence-electron chi connectivity index (χ2n) is 3.94. The quantitative estimate of drug-likeness (QED) is 0.566. The monoisotopic (exact) mass is 248 g/mol. The molecule has 0 saturated heterocycles. The fourth-order valence-corrected chi connectivity index (χ4v) is 2.45. The van der Waals surface area contributed by atoms with Crippen molar-refractivity contribution < 1.29 is 9.53 Å². The van der Waals surface area contributed by atoms with E-state index < -0.39 is 5.54 Å². The lowest BCUT2D eigenvalue weighted by Crippen LogP contribution is -2.53. The Balaban J connectivity index is 3.73. The molecule has 0 aromatic carbocycles. The molecule has 5 heteroatoms. The van der Waals surface area contributed by atoms with Crippen LogP contribution in [0.1, 0.15) is 26.7 Å². The second-order valence-corrected chi connectivity index (χ2v) is 5.16. The minimum atomic E-state index is -0.566. The van der Waals surface area contributed by atoms with E-state index in [0.29, 0.717) is 0 Å². The van der Waals surface area contributed by atoms with Gasteiger partial charge in [0, 0.05) is 13.7 Å². The zero-order valence-corrected chi connectivity index (χ0v) is 11.4. The van der Waals surface area contributed by atoms with E-state index in [2.05, 4.69) is 5.32 Å². The average molecular weight is 248 g/mol. The maximum Gasteiger partial charge on any atom is 0.237 e. The second kappa shape index (κ2) is 8.84. The number of primary amides is 1. The van der Waals surface area contributed by atoms with E-state index in [1.165, 1.54) is 0 Å². The normalized spacial score (nSPS) is 14.7. The van der Waals surface area contributed by atoms with Gasteiger partial charge in [-0.1, -0.05) is 6.92 Å². The Morgan fingerprint density at radius 1 is 1.50 bits per heavy atom. The number of ether oxygens (including phenoxy) is 1. The van der Waals surface area contributed by atoms with Crippen LogP contribution < -0.4 is 11.1 Å². The molecule has 0 aliphatic heterocycles. The highest BCUT2D eigenvalue weighted by atomic mass is 32.2. The highest BCUT2D eigenvalue weighted by Crippen LogP contribution is 2.14. The summed E-state index contributed by atoms with van der Waals surface area (Å²) in [5.74, 6) is 1.73. The van der Waals surface area contributed by atoms with Gasteiger partial charge < -0.3 is 15.8 Å². The van der Waals surface area contributed by atoms with Gasteiger partial charge in [-0.15, -0.1) is 0 Å². The van der Waals surface area contributed by atoms with Crippen LogP contribution in [0, 0.1) is 0 Å². The summed E-state index contributed by atoms with van der Waals surface area (Å²) in [5.41, 5.74) is 4.82. The molecule has 4 nitrogen and oxygen atoms in total. The van der Waals surface area contributed by atoms with E-state index in [0.717, 1.165) is 37.5 Å². The van der Waals surface area contributed by atoms with E-state index in [1.807, 2.05) is 25.6 Å². The van der Waals surface area contributed by atoms with Crippen LogP contribution in [0.5, 0.6) is 0 Å². The van der Waals surface area contributed by atoms with Crippen LogP contribution in [0.4, 0.5) is 0 Å². The van der Waals surface area contributed by atoms with Crippen LogP contribution >= 0.6 is 11.8 Å². The number of thioether (sulfide) groups is 1. The van der Waals surface area contributed by atoms with Crippen LogP contribution in [-0.2, 0) is 9.53 Å². The van der Waals surface area contributed by atoms with Gasteiger partial charge in [-0.3, -0.25) is 4.79 Å². The number of rotatable bonds is 10. The van der Waals surface area contributed by atoms with E-state index in [4.69, 9.17) is 10.5 Å². The molecule has 1 amide bonds. The number of hydrogen-bond donors (Lipinski definition) is 2. The van der Waals surface area contributed by atoms with Crippen molar-refractivity contribution in [3.8, 4) is 0 Å². The van der Waals surface area contributed by atoms with Gasteiger partial charge in [-0.25, -0.2) is 0 Å². The van der Waals surface area contributed by atoms with Crippen molar-refractivity contribution in [2.75, 3.05) is 31.8 Å². The summed E-state index contributed by atoms with van der Waals surface area (Å²) in [6.45, 7) is 5.41. The summed E-state index contributed by atoms with van der Waals surface area (Å²) in [7, 11) is 1.71. The van der Waals surface area contributed by atoms with Crippen LogP contribution in [0.15, 0.2) is 0 Å². The van der Waals surface area contributed by atoms with Crippen molar-refractivity contribution >= 4 is 17.7 Å². The molecule has 96 valence electrons. The number of methoxy groups -OCH3 is 1. The van der Waals surface area contributed by atoms with E-state index in [9.17, 15) is 4.79 Å². The standard InChI is InChI=1S/C11H24N2O2S/c1-4-13-11(2,10(12)14)6-9-16-8-5-7-15-3/h13H,4-9H2,1-3H3,(H2,12,14). The molecule has 1 unspecified atom stereocenters. The lowest BCUT2D eigenvalue weighted by Gasteiger charge is -2.26. The molecule has 0 heterocycles. The molecule has 3 N–H and O–H groups in total. The van der Waals surface area contributed by atoms with Gasteiger partial charge in [-0.05, 0) is 37.8 Å². The molecular weight excluding hydrogens is 224 g/mol. The molecule has 0 radical (unpaired) electrons. The molecule has 0 saturated carbocycles. The van der Waals surface area contributed by atoms with E-state index in [-0.39, 0.29) is 5.91 Å². The number of carbonyl (C=O) groups is 1. The first-order valence-corrected chi connectivity index (χ1v) is 6.84. The summed E-state index contributed by atoms with van der Waals surface area (Å²) in [6.07, 6.45) is 1.82. The summed E-state index contributed by atoms with van der Waals surface area (Å²) in [5, 5.41) is 3.15. The highest BCUT2D eigenvalue weighted by Gasteiger charge is 2.28. The van der Waals surface area contributed by atoms with Crippen molar-refractivity contribution in [3.05, 3.63) is 0 Å². The number of nitrogens with one attached hydrogen (secondary N) is 1. The predicted octanol–water partition coefficient (Wildman–Crippen LogP) is 1.000. The molecule has 0 fully saturated rings. The first kappa shape index (κ1) is 15.7. The Hall–Kier alpha value is -0.260. The maximum atomic E-state index is 11.3. The summed E-state index contributed by atoms with van der Waals surface area (Å²) in [6, 6.07) is 0. The van der Waals surface area contributed by atoms with Gasteiger partial charge in [0.2, 0.25) is 5.91 Å². The topological polar surface area (TPSA) is 64.3 Å². The van der Waals surface area contributed by atoms with E-state index >= 15 is 0 Å². The average Bonchev–Trinajstić information content (AvgIpc) is 2.23. The molecule has 1 atom stereocenters. The molecule has 0 rings (SSSR count). The Labute approximate surface area is 103 Å². The van der Waals surface area contributed by atoms with Crippen LogP contribution in [-0.4, -0.2) is 43.2 Å².